The van der Waals surface area contributed by atoms with Gasteiger partial charge in [0.05, 0.1) is 22.9 Å². The minimum atomic E-state index is 0.403. The molecule has 2 fully saturated rings. The highest BCUT2D eigenvalue weighted by atomic mass is 32.1. The summed E-state index contributed by atoms with van der Waals surface area (Å²) >= 11 is 1.88. The molecule has 1 aromatic rings. The summed E-state index contributed by atoms with van der Waals surface area (Å²) in [7, 11) is 2.00. The van der Waals surface area contributed by atoms with Crippen LogP contribution in [0.4, 0.5) is 0 Å². The molecule has 4 unspecified atom stereocenters. The zero-order chi connectivity index (χ0) is 12.0. The molecule has 3 rings (SSSR count). The third-order valence-corrected chi connectivity index (χ3v) is 5.57. The first-order valence-electron chi connectivity index (χ1n) is 6.49. The van der Waals surface area contributed by atoms with Gasteiger partial charge in [-0.2, -0.15) is 0 Å². The number of nitrogens with zero attached hydrogens (tertiary/aromatic N) is 1. The van der Waals surface area contributed by atoms with E-state index in [-0.39, 0.29) is 0 Å². The summed E-state index contributed by atoms with van der Waals surface area (Å²) in [6.07, 6.45) is 4.63. The van der Waals surface area contributed by atoms with Gasteiger partial charge in [-0.15, -0.1) is 11.3 Å². The topological polar surface area (TPSA) is 34.1 Å². The Hall–Kier alpha value is -0.450. The number of nitrogens with one attached hydrogen (secondary N) is 1. The highest BCUT2D eigenvalue weighted by molar-refractivity contribution is 7.12. The van der Waals surface area contributed by atoms with Gasteiger partial charge in [0, 0.05) is 16.8 Å². The van der Waals surface area contributed by atoms with E-state index < -0.39 is 0 Å². The third-order valence-electron chi connectivity index (χ3n) is 4.10. The highest BCUT2D eigenvalue weighted by Gasteiger charge is 2.43. The molecule has 4 heteroatoms. The number of aryl methyl sites for hydroxylation is 1. The van der Waals surface area contributed by atoms with Crippen LogP contribution in [0.15, 0.2) is 0 Å². The summed E-state index contributed by atoms with van der Waals surface area (Å²) in [5.74, 6) is 0.565. The predicted octanol–water partition coefficient (Wildman–Crippen LogP) is 2.77. The van der Waals surface area contributed by atoms with Gasteiger partial charge in [0.15, 0.2) is 0 Å². The molecule has 4 atom stereocenters. The molecule has 1 N–H and O–H groups in total. The lowest BCUT2D eigenvalue weighted by atomic mass is 9.90. The first kappa shape index (κ1) is 11.6. The van der Waals surface area contributed by atoms with E-state index in [9.17, 15) is 0 Å². The fourth-order valence-electron chi connectivity index (χ4n) is 3.02. The Kier molecular flexibility index (Phi) is 2.97. The van der Waals surface area contributed by atoms with Gasteiger partial charge >= 0.3 is 0 Å². The Morgan fingerprint density at radius 2 is 2.29 bits per heavy atom. The largest absolute Gasteiger partial charge is 0.374 e. The summed E-state index contributed by atoms with van der Waals surface area (Å²) in [6, 6.07) is 0.403. The molecular weight excluding hydrogens is 232 g/mol. The maximum atomic E-state index is 5.93. The summed E-state index contributed by atoms with van der Waals surface area (Å²) < 4.78 is 5.93. The lowest BCUT2D eigenvalue weighted by molar-refractivity contribution is 0.101. The maximum Gasteiger partial charge on any atom is 0.0989 e. The summed E-state index contributed by atoms with van der Waals surface area (Å²) in [5, 5.41) is 4.60. The Bertz CT molecular complexity index is 418. The molecule has 2 aliphatic rings. The minimum absolute atomic E-state index is 0.403. The van der Waals surface area contributed by atoms with Gasteiger partial charge in [-0.3, -0.25) is 0 Å². The van der Waals surface area contributed by atoms with E-state index in [1.165, 1.54) is 34.8 Å². The van der Waals surface area contributed by atoms with Crippen LogP contribution in [0.3, 0.4) is 0 Å². The Labute approximate surface area is 107 Å². The van der Waals surface area contributed by atoms with E-state index in [2.05, 4.69) is 19.2 Å². The summed E-state index contributed by atoms with van der Waals surface area (Å²) in [5.41, 5.74) is 1.19. The Morgan fingerprint density at radius 1 is 1.47 bits per heavy atom. The van der Waals surface area contributed by atoms with Crippen LogP contribution < -0.4 is 5.32 Å². The van der Waals surface area contributed by atoms with Crippen LogP contribution in [-0.2, 0) is 4.74 Å². The van der Waals surface area contributed by atoms with Gasteiger partial charge in [-0.25, -0.2) is 4.98 Å². The van der Waals surface area contributed by atoms with Crippen molar-refractivity contribution in [3.05, 3.63) is 15.6 Å². The van der Waals surface area contributed by atoms with Crippen molar-refractivity contribution < 1.29 is 4.74 Å². The van der Waals surface area contributed by atoms with Crippen LogP contribution in [0.2, 0.25) is 0 Å². The molecular formula is C13H20N2OS. The minimum Gasteiger partial charge on any atom is -0.374 e. The van der Waals surface area contributed by atoms with Gasteiger partial charge in [0.1, 0.15) is 0 Å². The van der Waals surface area contributed by atoms with Gasteiger partial charge < -0.3 is 10.1 Å². The van der Waals surface area contributed by atoms with Crippen LogP contribution in [0.1, 0.15) is 53.7 Å². The van der Waals surface area contributed by atoms with Gasteiger partial charge in [0.25, 0.3) is 0 Å². The Morgan fingerprint density at radius 3 is 2.88 bits per heavy atom. The molecule has 94 valence electrons. The molecule has 3 heterocycles. The molecule has 0 spiro atoms. The number of hydrogen-bond donors (Lipinski definition) is 1. The third kappa shape index (κ3) is 1.92. The van der Waals surface area contributed by atoms with Crippen LogP contribution in [0.25, 0.3) is 0 Å². The fourth-order valence-corrected chi connectivity index (χ4v) is 4.31. The molecule has 0 aromatic carbocycles. The molecule has 3 nitrogen and oxygen atoms in total. The normalized spacial score (nSPS) is 33.2. The number of hydrogen-bond acceptors (Lipinski definition) is 4. The second-order valence-corrected chi connectivity index (χ2v) is 6.29. The number of rotatable bonds is 3. The Balaban J connectivity index is 1.84. The molecule has 0 saturated carbocycles. The second-order valence-electron chi connectivity index (χ2n) is 5.23. The summed E-state index contributed by atoms with van der Waals surface area (Å²) in [4.78, 5) is 6.16. The van der Waals surface area contributed by atoms with E-state index in [4.69, 9.17) is 9.72 Å². The van der Waals surface area contributed by atoms with Gasteiger partial charge in [-0.05, 0) is 40.2 Å². The second kappa shape index (κ2) is 4.34. The van der Waals surface area contributed by atoms with E-state index >= 15 is 0 Å². The van der Waals surface area contributed by atoms with Crippen molar-refractivity contribution in [3.63, 3.8) is 0 Å². The number of ether oxygens (including phenoxy) is 1. The van der Waals surface area contributed by atoms with Gasteiger partial charge in [-0.1, -0.05) is 0 Å². The van der Waals surface area contributed by atoms with Crippen molar-refractivity contribution in [1.82, 2.24) is 10.3 Å². The van der Waals surface area contributed by atoms with Crippen LogP contribution in [0, 0.1) is 6.92 Å². The number of thiazole rings is 1. The standard InChI is InChI=1S/C13H20N2OS/c1-7(14-3)12-8(2)15-13(17-12)10-6-9-4-5-11(10)16-9/h7,9-11,14H,4-6H2,1-3H3. The zero-order valence-corrected chi connectivity index (χ0v) is 11.5. The summed E-state index contributed by atoms with van der Waals surface area (Å²) in [6.45, 7) is 4.32. The molecule has 1 aromatic heterocycles. The molecule has 2 saturated heterocycles. The number of aromatic nitrogens is 1. The van der Waals surface area contributed by atoms with Crippen LogP contribution in [0.5, 0.6) is 0 Å². The number of fused-ring (bicyclic) bond motifs is 2. The van der Waals surface area contributed by atoms with E-state index in [0.29, 0.717) is 24.2 Å². The highest BCUT2D eigenvalue weighted by Crippen LogP contribution is 2.46. The van der Waals surface area contributed by atoms with Crippen molar-refractivity contribution >= 4 is 11.3 Å². The zero-order valence-electron chi connectivity index (χ0n) is 10.7. The maximum absolute atomic E-state index is 5.93. The molecule has 2 bridgehead atoms. The van der Waals surface area contributed by atoms with Gasteiger partial charge in [0.2, 0.25) is 0 Å². The monoisotopic (exact) mass is 252 g/mol. The lowest BCUT2D eigenvalue weighted by Gasteiger charge is -2.15. The first-order valence-corrected chi connectivity index (χ1v) is 7.30. The molecule has 0 amide bonds. The molecule has 0 aliphatic carbocycles. The van der Waals surface area contributed by atoms with E-state index in [1.807, 2.05) is 18.4 Å². The van der Waals surface area contributed by atoms with E-state index in [1.54, 1.807) is 0 Å². The van der Waals surface area contributed by atoms with Crippen LogP contribution >= 0.6 is 11.3 Å². The predicted molar refractivity (Wildman–Crippen MR) is 69.6 cm³/mol. The first-order chi connectivity index (χ1) is 8.19. The average Bonchev–Trinajstić information content (AvgIpc) is 3.01. The average molecular weight is 252 g/mol. The fraction of sp³-hybridized carbons (Fsp3) is 0.769. The van der Waals surface area contributed by atoms with Crippen LogP contribution in [-0.4, -0.2) is 24.2 Å². The quantitative estimate of drug-likeness (QED) is 0.898. The van der Waals surface area contributed by atoms with Crippen molar-refractivity contribution in [2.75, 3.05) is 7.05 Å². The molecule has 17 heavy (non-hydrogen) atoms. The molecule has 0 radical (unpaired) electrons. The smallest absolute Gasteiger partial charge is 0.0989 e. The lowest BCUT2D eigenvalue weighted by Crippen LogP contribution is -2.13. The van der Waals surface area contributed by atoms with Crippen molar-refractivity contribution in [2.45, 2.75) is 57.3 Å². The van der Waals surface area contributed by atoms with Crippen molar-refractivity contribution in [1.29, 1.82) is 0 Å². The van der Waals surface area contributed by atoms with E-state index in [0.717, 1.165) is 0 Å². The van der Waals surface area contributed by atoms with Crippen molar-refractivity contribution in [3.8, 4) is 0 Å². The van der Waals surface area contributed by atoms with Crippen molar-refractivity contribution in [2.24, 2.45) is 0 Å². The SMILES string of the molecule is CNC(C)c1sc(C2CC3CCC2O3)nc1C. The molecule has 2 aliphatic heterocycles.